The fourth-order valence-electron chi connectivity index (χ4n) is 3.60. The number of imide groups is 1. The van der Waals surface area contributed by atoms with Gasteiger partial charge in [-0.2, -0.15) is 0 Å². The number of nitrogens with zero attached hydrogens (tertiary/aromatic N) is 4. The van der Waals surface area contributed by atoms with Crippen LogP contribution >= 0.6 is 11.3 Å². The lowest BCUT2D eigenvalue weighted by molar-refractivity contribution is -0.129. The van der Waals surface area contributed by atoms with Gasteiger partial charge in [0.25, 0.3) is 17.6 Å². The van der Waals surface area contributed by atoms with Crippen LogP contribution in [-0.4, -0.2) is 50.4 Å². The second-order valence-electron chi connectivity index (χ2n) is 7.70. The topological polar surface area (TPSA) is 118 Å². The van der Waals surface area contributed by atoms with E-state index in [4.69, 9.17) is 4.42 Å². The summed E-state index contributed by atoms with van der Waals surface area (Å²) in [6, 6.07) is 15.3. The number of benzene rings is 2. The highest BCUT2D eigenvalue weighted by molar-refractivity contribution is 7.20. The number of carbonyl (C=O) groups is 3. The van der Waals surface area contributed by atoms with Gasteiger partial charge in [0.2, 0.25) is 5.89 Å². The number of likely N-dealkylation sites (N-methyl/N-ethyl adjacent to an activating group) is 1. The predicted molar refractivity (Wildman–Crippen MR) is 116 cm³/mol. The minimum atomic E-state index is -1.21. The molecule has 0 radical (unpaired) electrons. The summed E-state index contributed by atoms with van der Waals surface area (Å²) < 4.78 is 6.37. The van der Waals surface area contributed by atoms with Crippen LogP contribution in [0.5, 0.6) is 0 Å². The smallest absolute Gasteiger partial charge is 0.324 e. The fourth-order valence-corrected chi connectivity index (χ4v) is 4.53. The number of hydrogen-bond donors (Lipinski definition) is 1. The van der Waals surface area contributed by atoms with Gasteiger partial charge in [0.15, 0.2) is 5.01 Å². The Bertz CT molecular complexity index is 1380. The molecule has 1 aliphatic heterocycles. The van der Waals surface area contributed by atoms with Gasteiger partial charge in [0, 0.05) is 7.05 Å². The van der Waals surface area contributed by atoms with Crippen LogP contribution in [0, 0.1) is 0 Å². The predicted octanol–water partition coefficient (Wildman–Crippen LogP) is 3.06. The van der Waals surface area contributed by atoms with Crippen LogP contribution < -0.4 is 5.32 Å². The second kappa shape index (κ2) is 7.34. The van der Waals surface area contributed by atoms with E-state index in [2.05, 4.69) is 20.5 Å². The van der Waals surface area contributed by atoms with Crippen molar-refractivity contribution in [1.82, 2.24) is 25.4 Å². The number of ketones is 1. The molecule has 0 aliphatic carbocycles. The Kier molecular flexibility index (Phi) is 4.59. The average Bonchev–Trinajstić information content (AvgIpc) is 3.48. The Morgan fingerprint density at radius 2 is 1.91 bits per heavy atom. The van der Waals surface area contributed by atoms with Crippen molar-refractivity contribution in [1.29, 1.82) is 0 Å². The summed E-state index contributed by atoms with van der Waals surface area (Å²) in [7, 11) is 1.39. The summed E-state index contributed by atoms with van der Waals surface area (Å²) >= 11 is 1.25. The summed E-state index contributed by atoms with van der Waals surface area (Å²) in [6.07, 6.45) is -0.0253. The number of hydrogen-bond acceptors (Lipinski definition) is 8. The molecular weight excluding hydrogens is 430 g/mol. The van der Waals surface area contributed by atoms with E-state index in [1.54, 1.807) is 6.92 Å². The zero-order valence-electron chi connectivity index (χ0n) is 17.2. The molecule has 1 aliphatic rings. The molecule has 0 bridgehead atoms. The van der Waals surface area contributed by atoms with Crippen molar-refractivity contribution < 1.29 is 18.8 Å². The maximum Gasteiger partial charge on any atom is 0.324 e. The fraction of sp³-hybridized carbons (Fsp3) is 0.182. The maximum absolute atomic E-state index is 12.9. The first kappa shape index (κ1) is 20.0. The summed E-state index contributed by atoms with van der Waals surface area (Å²) in [5.74, 6) is -1.03. The quantitative estimate of drug-likeness (QED) is 0.369. The summed E-state index contributed by atoms with van der Waals surface area (Å²) in [5.41, 5.74) is 1.60. The summed E-state index contributed by atoms with van der Waals surface area (Å²) in [6.45, 7) is 1.57. The van der Waals surface area contributed by atoms with Crippen molar-refractivity contribution in [2.45, 2.75) is 18.9 Å². The lowest BCUT2D eigenvalue weighted by Gasteiger charge is -2.18. The molecule has 10 heteroatoms. The van der Waals surface area contributed by atoms with Crippen molar-refractivity contribution in [3.8, 4) is 11.1 Å². The third kappa shape index (κ3) is 3.34. The molecule has 3 heterocycles. The van der Waals surface area contributed by atoms with E-state index in [-0.39, 0.29) is 23.2 Å². The molecule has 5 rings (SSSR count). The van der Waals surface area contributed by atoms with Crippen LogP contribution in [0.25, 0.3) is 21.3 Å². The van der Waals surface area contributed by atoms with E-state index < -0.39 is 23.3 Å². The van der Waals surface area contributed by atoms with E-state index in [1.165, 1.54) is 18.4 Å². The van der Waals surface area contributed by atoms with E-state index in [9.17, 15) is 14.4 Å². The van der Waals surface area contributed by atoms with E-state index in [0.717, 1.165) is 20.7 Å². The number of aromatic nitrogens is 3. The van der Waals surface area contributed by atoms with Crippen LogP contribution in [0.1, 0.15) is 28.5 Å². The number of urea groups is 1. The Morgan fingerprint density at radius 1 is 1.12 bits per heavy atom. The van der Waals surface area contributed by atoms with Crippen molar-refractivity contribution in [3.63, 3.8) is 0 Å². The van der Waals surface area contributed by atoms with Crippen LogP contribution in [0.4, 0.5) is 4.79 Å². The Morgan fingerprint density at radius 3 is 2.62 bits per heavy atom. The molecule has 160 valence electrons. The molecule has 2 aromatic carbocycles. The van der Waals surface area contributed by atoms with Crippen LogP contribution in [0.3, 0.4) is 0 Å². The van der Waals surface area contributed by atoms with Crippen molar-refractivity contribution in [3.05, 3.63) is 65.3 Å². The molecule has 1 saturated heterocycles. The van der Waals surface area contributed by atoms with Gasteiger partial charge in [-0.15, -0.1) is 21.5 Å². The van der Waals surface area contributed by atoms with Gasteiger partial charge in [-0.3, -0.25) is 14.5 Å². The third-order valence-electron chi connectivity index (χ3n) is 5.32. The number of rotatable bonds is 5. The highest BCUT2D eigenvalue weighted by Crippen LogP contribution is 2.29. The molecule has 0 spiro atoms. The molecule has 4 aromatic rings. The molecule has 3 amide bonds. The summed E-state index contributed by atoms with van der Waals surface area (Å²) in [5, 5.41) is 10.5. The van der Waals surface area contributed by atoms with Crippen LogP contribution in [-0.2, 0) is 11.2 Å². The first-order chi connectivity index (χ1) is 15.3. The van der Waals surface area contributed by atoms with E-state index in [0.29, 0.717) is 5.52 Å². The molecule has 1 N–H and O–H groups in total. The number of thiazole rings is 1. The molecule has 1 atom stereocenters. The lowest BCUT2D eigenvalue weighted by Crippen LogP contribution is -2.45. The van der Waals surface area contributed by atoms with E-state index >= 15 is 0 Å². The highest BCUT2D eigenvalue weighted by atomic mass is 32.1. The Labute approximate surface area is 186 Å². The molecule has 1 unspecified atom stereocenters. The van der Waals surface area contributed by atoms with Crippen molar-refractivity contribution >= 4 is 39.3 Å². The highest BCUT2D eigenvalue weighted by Gasteiger charge is 2.47. The summed E-state index contributed by atoms with van der Waals surface area (Å²) in [4.78, 5) is 42.3. The third-order valence-corrected chi connectivity index (χ3v) is 6.34. The van der Waals surface area contributed by atoms with Crippen molar-refractivity contribution in [2.24, 2.45) is 0 Å². The number of fused-ring (bicyclic) bond motifs is 1. The zero-order chi connectivity index (χ0) is 22.5. The minimum absolute atomic E-state index is 0.0253. The second-order valence-corrected chi connectivity index (χ2v) is 8.73. The Balaban J connectivity index is 1.38. The standard InChI is InChI=1S/C22H17N5O4S/c1-22(20(29)27(2)21(30)24-22)11-16-25-26-18(31-16)17(28)19-23-14-9-8-13(10-15(14)32-19)12-6-4-3-5-7-12/h3-10H,11H2,1-2H3,(H,24,30). The van der Waals surface area contributed by atoms with Gasteiger partial charge < -0.3 is 9.73 Å². The molecular formula is C22H17N5O4S. The van der Waals surface area contributed by atoms with Crippen molar-refractivity contribution in [2.75, 3.05) is 7.05 Å². The molecule has 32 heavy (non-hydrogen) atoms. The van der Waals surface area contributed by atoms with Gasteiger partial charge in [0.05, 0.1) is 16.6 Å². The van der Waals surface area contributed by atoms with Crippen LogP contribution in [0.15, 0.2) is 52.9 Å². The first-order valence-corrected chi connectivity index (χ1v) is 10.6. The monoisotopic (exact) mass is 447 g/mol. The molecule has 2 aromatic heterocycles. The Hall–Kier alpha value is -3.92. The normalized spacial score (nSPS) is 18.4. The zero-order valence-corrected chi connectivity index (χ0v) is 18.0. The largest absolute Gasteiger partial charge is 0.418 e. The maximum atomic E-state index is 12.9. The number of nitrogens with one attached hydrogen (secondary N) is 1. The first-order valence-electron chi connectivity index (χ1n) is 9.77. The van der Waals surface area contributed by atoms with Gasteiger partial charge in [0.1, 0.15) is 5.54 Å². The SMILES string of the molecule is CN1C(=O)NC(C)(Cc2nnc(C(=O)c3nc4ccc(-c5ccccc5)cc4s3)o2)C1=O. The van der Waals surface area contributed by atoms with Gasteiger partial charge in [-0.1, -0.05) is 36.4 Å². The lowest BCUT2D eigenvalue weighted by atomic mass is 9.98. The average molecular weight is 447 g/mol. The van der Waals surface area contributed by atoms with Gasteiger partial charge in [-0.25, -0.2) is 9.78 Å². The number of amides is 3. The molecule has 0 saturated carbocycles. The van der Waals surface area contributed by atoms with Gasteiger partial charge >= 0.3 is 6.03 Å². The number of carbonyl (C=O) groups excluding carboxylic acids is 3. The van der Waals surface area contributed by atoms with E-state index in [1.807, 2.05) is 48.5 Å². The minimum Gasteiger partial charge on any atom is -0.418 e. The molecule has 1 fully saturated rings. The molecule has 9 nitrogen and oxygen atoms in total. The van der Waals surface area contributed by atoms with Crippen LogP contribution in [0.2, 0.25) is 0 Å². The van der Waals surface area contributed by atoms with Gasteiger partial charge in [-0.05, 0) is 30.2 Å².